The summed E-state index contributed by atoms with van der Waals surface area (Å²) < 4.78 is 11.2. The Hall–Kier alpha value is -2.92. The van der Waals surface area contributed by atoms with Gasteiger partial charge in [0.2, 0.25) is 23.6 Å². The number of benzene rings is 2. The number of nitrogens with zero attached hydrogens (tertiary/aromatic N) is 1. The molecular formula is C25H33N4O7PS. The first-order valence-electron chi connectivity index (χ1n) is 12.2. The lowest BCUT2D eigenvalue weighted by atomic mass is 9.95. The molecule has 1 aliphatic heterocycles. The maximum absolute atomic E-state index is 13.3. The molecule has 0 spiro atoms. The Balaban J connectivity index is 1.71. The van der Waals surface area contributed by atoms with E-state index in [9.17, 15) is 23.7 Å². The lowest BCUT2D eigenvalue weighted by Gasteiger charge is -2.37. The normalized spacial score (nSPS) is 17.4. The van der Waals surface area contributed by atoms with Crippen LogP contribution in [0, 0.1) is 0 Å². The smallest absolute Gasteiger partial charge is 0.335 e. The Labute approximate surface area is 225 Å². The zero-order chi connectivity index (χ0) is 27.9. The first-order chi connectivity index (χ1) is 18.0. The lowest BCUT2D eigenvalue weighted by molar-refractivity contribution is -0.144. The SMILES string of the molecule is CC(=O)NC(CSCP(=O)(O)O)C(=O)N1CCCCC1C(=O)NCC(C(N)=O)c1ccc2ccccc2c1. The molecule has 0 aliphatic carbocycles. The van der Waals surface area contributed by atoms with Crippen molar-refractivity contribution in [2.24, 2.45) is 5.73 Å². The Morgan fingerprint density at radius 1 is 1.13 bits per heavy atom. The molecule has 0 bridgehead atoms. The number of primary amides is 1. The van der Waals surface area contributed by atoms with Gasteiger partial charge >= 0.3 is 7.60 Å². The molecule has 0 aromatic heterocycles. The molecule has 11 nitrogen and oxygen atoms in total. The van der Waals surface area contributed by atoms with Gasteiger partial charge in [0.15, 0.2) is 0 Å². The quantitative estimate of drug-likeness (QED) is 0.253. The van der Waals surface area contributed by atoms with Gasteiger partial charge in [-0.1, -0.05) is 42.5 Å². The van der Waals surface area contributed by atoms with Gasteiger partial charge in [-0.15, -0.1) is 11.8 Å². The Morgan fingerprint density at radius 2 is 1.84 bits per heavy atom. The Kier molecular flexibility index (Phi) is 10.3. The number of piperidine rings is 1. The van der Waals surface area contributed by atoms with Gasteiger partial charge < -0.3 is 31.1 Å². The summed E-state index contributed by atoms with van der Waals surface area (Å²) in [7, 11) is -4.29. The second kappa shape index (κ2) is 13.2. The largest absolute Gasteiger partial charge is 0.369 e. The van der Waals surface area contributed by atoms with Crippen LogP contribution in [0.25, 0.3) is 10.8 Å². The van der Waals surface area contributed by atoms with Crippen LogP contribution in [0.5, 0.6) is 0 Å². The maximum Gasteiger partial charge on any atom is 0.335 e. The van der Waals surface area contributed by atoms with Crippen molar-refractivity contribution in [3.05, 3.63) is 48.0 Å². The van der Waals surface area contributed by atoms with Crippen LogP contribution in [0.3, 0.4) is 0 Å². The van der Waals surface area contributed by atoms with Crippen LogP contribution in [0.1, 0.15) is 37.7 Å². The van der Waals surface area contributed by atoms with Crippen molar-refractivity contribution in [3.63, 3.8) is 0 Å². The summed E-state index contributed by atoms with van der Waals surface area (Å²) in [6, 6.07) is 11.4. The number of likely N-dealkylation sites (tertiary alicyclic amines) is 1. The van der Waals surface area contributed by atoms with Crippen LogP contribution < -0.4 is 16.4 Å². The fraction of sp³-hybridized carbons (Fsp3) is 0.440. The zero-order valence-electron chi connectivity index (χ0n) is 21.0. The molecule has 1 fully saturated rings. The van der Waals surface area contributed by atoms with Crippen molar-refractivity contribution >= 4 is 53.8 Å². The van der Waals surface area contributed by atoms with Crippen molar-refractivity contribution in [2.45, 2.75) is 44.2 Å². The minimum Gasteiger partial charge on any atom is -0.369 e. The third-order valence-electron chi connectivity index (χ3n) is 6.31. The number of hydrogen-bond acceptors (Lipinski definition) is 6. The van der Waals surface area contributed by atoms with E-state index >= 15 is 0 Å². The van der Waals surface area contributed by atoms with Gasteiger partial charge in [-0.05, 0) is 35.6 Å². The highest BCUT2D eigenvalue weighted by Crippen LogP contribution is 2.38. The van der Waals surface area contributed by atoms with Crippen molar-refractivity contribution in [3.8, 4) is 0 Å². The van der Waals surface area contributed by atoms with Gasteiger partial charge in [0, 0.05) is 25.8 Å². The molecule has 3 rings (SSSR count). The predicted octanol–water partition coefficient (Wildman–Crippen LogP) is 1.28. The van der Waals surface area contributed by atoms with E-state index in [4.69, 9.17) is 15.5 Å². The number of amides is 4. The molecule has 2 aromatic rings. The van der Waals surface area contributed by atoms with E-state index in [1.165, 1.54) is 11.8 Å². The average Bonchev–Trinajstić information content (AvgIpc) is 2.86. The van der Waals surface area contributed by atoms with Crippen molar-refractivity contribution in [1.29, 1.82) is 0 Å². The van der Waals surface area contributed by atoms with E-state index in [0.29, 0.717) is 31.4 Å². The average molecular weight is 565 g/mol. The predicted molar refractivity (Wildman–Crippen MR) is 145 cm³/mol. The van der Waals surface area contributed by atoms with E-state index in [1.54, 1.807) is 6.07 Å². The number of fused-ring (bicyclic) bond motifs is 1. The van der Waals surface area contributed by atoms with E-state index in [1.807, 2.05) is 36.4 Å². The molecule has 2 aromatic carbocycles. The Bertz CT molecular complexity index is 1240. The van der Waals surface area contributed by atoms with Gasteiger partial charge in [0.05, 0.1) is 11.4 Å². The molecule has 13 heteroatoms. The third-order valence-corrected chi connectivity index (χ3v) is 8.95. The van der Waals surface area contributed by atoms with Crippen LogP contribution in [-0.2, 0) is 23.7 Å². The number of carbonyl (C=O) groups is 4. The Morgan fingerprint density at radius 3 is 2.50 bits per heavy atom. The molecule has 4 amide bonds. The third kappa shape index (κ3) is 8.29. The summed E-state index contributed by atoms with van der Waals surface area (Å²) in [4.78, 5) is 70.2. The minimum absolute atomic E-state index is 0.0434. The summed E-state index contributed by atoms with van der Waals surface area (Å²) in [5.41, 5.74) is 5.83. The van der Waals surface area contributed by atoms with E-state index < -0.39 is 54.7 Å². The van der Waals surface area contributed by atoms with E-state index in [2.05, 4.69) is 10.6 Å². The fourth-order valence-corrected chi connectivity index (χ4v) is 6.34. The van der Waals surface area contributed by atoms with Gasteiger partial charge in [-0.3, -0.25) is 23.7 Å². The molecular weight excluding hydrogens is 531 g/mol. The molecule has 0 saturated carbocycles. The highest BCUT2D eigenvalue weighted by Gasteiger charge is 2.36. The molecule has 1 saturated heterocycles. The maximum atomic E-state index is 13.3. The number of thioether (sulfide) groups is 1. The summed E-state index contributed by atoms with van der Waals surface area (Å²) in [5, 5.41) is 7.25. The number of rotatable bonds is 11. The summed E-state index contributed by atoms with van der Waals surface area (Å²) in [6.45, 7) is 1.49. The fourth-order valence-electron chi connectivity index (χ4n) is 4.51. The number of hydrogen-bond donors (Lipinski definition) is 5. The van der Waals surface area contributed by atoms with Crippen LogP contribution in [-0.4, -0.2) is 74.7 Å². The zero-order valence-corrected chi connectivity index (χ0v) is 22.7. The monoisotopic (exact) mass is 564 g/mol. The highest BCUT2D eigenvalue weighted by molar-refractivity contribution is 8.04. The van der Waals surface area contributed by atoms with Crippen molar-refractivity contribution in [1.82, 2.24) is 15.5 Å². The molecule has 1 aliphatic rings. The summed E-state index contributed by atoms with van der Waals surface area (Å²) >= 11 is 0.851. The van der Waals surface area contributed by atoms with Gasteiger partial charge in [-0.2, -0.15) is 0 Å². The molecule has 0 radical (unpaired) electrons. The number of nitrogens with two attached hydrogens (primary N) is 1. The first kappa shape index (κ1) is 29.6. The highest BCUT2D eigenvalue weighted by atomic mass is 32.2. The number of nitrogens with one attached hydrogen (secondary N) is 2. The standard InChI is InChI=1S/C25H33N4O7PS/c1-16(30)28-21(14-38-15-37(34,35)36)25(33)29-11-5-4-8-22(29)24(32)27-13-20(23(26)31)19-10-9-17-6-2-3-7-18(17)12-19/h2-3,6-7,9-10,12,20-22H,4-5,8,11,13-15H2,1H3,(H2,26,31)(H,27,32)(H,28,30)(H2,34,35,36). The lowest BCUT2D eigenvalue weighted by Crippen LogP contribution is -2.58. The molecule has 6 N–H and O–H groups in total. The van der Waals surface area contributed by atoms with Gasteiger partial charge in [0.1, 0.15) is 12.1 Å². The van der Waals surface area contributed by atoms with Crippen LogP contribution in [0.15, 0.2) is 42.5 Å². The number of carbonyl (C=O) groups excluding carboxylic acids is 4. The van der Waals surface area contributed by atoms with Gasteiger partial charge in [0.25, 0.3) is 0 Å². The van der Waals surface area contributed by atoms with Crippen molar-refractivity contribution in [2.75, 3.05) is 24.3 Å². The topological polar surface area (TPSA) is 179 Å². The molecule has 1 heterocycles. The molecule has 3 unspecified atom stereocenters. The molecule has 38 heavy (non-hydrogen) atoms. The van der Waals surface area contributed by atoms with Crippen LogP contribution in [0.2, 0.25) is 0 Å². The second-order valence-electron chi connectivity index (χ2n) is 9.27. The van der Waals surface area contributed by atoms with E-state index in [-0.39, 0.29) is 12.3 Å². The second-order valence-corrected chi connectivity index (χ2v) is 12.4. The first-order valence-corrected chi connectivity index (χ1v) is 15.2. The summed E-state index contributed by atoms with van der Waals surface area (Å²) in [5.74, 6) is -2.83. The molecule has 3 atom stereocenters. The minimum atomic E-state index is -4.29. The van der Waals surface area contributed by atoms with Crippen LogP contribution >= 0.6 is 19.4 Å². The summed E-state index contributed by atoms with van der Waals surface area (Å²) in [6.07, 6.45) is 1.78. The van der Waals surface area contributed by atoms with Crippen molar-refractivity contribution < 1.29 is 33.5 Å². The van der Waals surface area contributed by atoms with Crippen LogP contribution in [0.4, 0.5) is 0 Å². The van der Waals surface area contributed by atoms with E-state index in [0.717, 1.165) is 22.5 Å². The molecule has 206 valence electrons. The van der Waals surface area contributed by atoms with Gasteiger partial charge in [-0.25, -0.2) is 0 Å².